The standard InChI is InChI=1S/C6H12O3Si3/c1-4-11-7-10-8-12(5-2,6-3)9-11/h4-6,11H,1-3,10H2. The molecule has 1 aliphatic rings. The van der Waals surface area contributed by atoms with E-state index in [0.29, 0.717) is 0 Å². The van der Waals surface area contributed by atoms with Crippen LogP contribution >= 0.6 is 0 Å². The molecule has 0 saturated carbocycles. The van der Waals surface area contributed by atoms with Crippen LogP contribution in [0.3, 0.4) is 0 Å². The molecule has 0 N–H and O–H groups in total. The van der Waals surface area contributed by atoms with Crippen LogP contribution in [-0.2, 0) is 12.3 Å². The van der Waals surface area contributed by atoms with Crippen molar-refractivity contribution in [3.63, 3.8) is 0 Å². The third kappa shape index (κ3) is 1.91. The molecule has 0 bridgehead atoms. The lowest BCUT2D eigenvalue weighted by Gasteiger charge is -2.33. The monoisotopic (exact) mass is 216 g/mol. The Morgan fingerprint density at radius 2 is 1.92 bits per heavy atom. The highest BCUT2D eigenvalue weighted by Crippen LogP contribution is 2.16. The second-order valence-corrected chi connectivity index (χ2v) is 9.41. The summed E-state index contributed by atoms with van der Waals surface area (Å²) in [4.78, 5) is 0. The van der Waals surface area contributed by atoms with Gasteiger partial charge in [-0.3, -0.25) is 0 Å². The van der Waals surface area contributed by atoms with E-state index in [1.807, 2.05) is 0 Å². The normalized spacial score (nSPS) is 29.5. The fraction of sp³-hybridized carbons (Fsp3) is 0. The molecule has 1 aliphatic heterocycles. The van der Waals surface area contributed by atoms with E-state index < -0.39 is 27.9 Å². The van der Waals surface area contributed by atoms with Gasteiger partial charge in [-0.2, -0.15) is 0 Å². The maximum atomic E-state index is 5.64. The average molecular weight is 216 g/mol. The summed E-state index contributed by atoms with van der Waals surface area (Å²) in [5.74, 6) is 0. The fourth-order valence-electron chi connectivity index (χ4n) is 0.856. The Labute approximate surface area is 77.5 Å². The molecule has 1 rings (SSSR count). The first-order valence-corrected chi connectivity index (χ1v) is 8.33. The topological polar surface area (TPSA) is 27.7 Å². The lowest BCUT2D eigenvalue weighted by molar-refractivity contribution is 0.303. The summed E-state index contributed by atoms with van der Waals surface area (Å²) in [7, 11) is -4.80. The quantitative estimate of drug-likeness (QED) is 0.616. The predicted octanol–water partition coefficient (Wildman–Crippen LogP) is -0.113. The molecule has 1 atom stereocenters. The Morgan fingerprint density at radius 3 is 2.42 bits per heavy atom. The lowest BCUT2D eigenvalue weighted by atomic mass is 11.2. The van der Waals surface area contributed by atoms with Gasteiger partial charge in [0.1, 0.15) is 0 Å². The van der Waals surface area contributed by atoms with Crippen LogP contribution in [0.2, 0.25) is 0 Å². The highest BCUT2D eigenvalue weighted by atomic mass is 28.5. The van der Waals surface area contributed by atoms with Crippen molar-refractivity contribution in [1.29, 1.82) is 0 Å². The molecule has 12 heavy (non-hydrogen) atoms. The van der Waals surface area contributed by atoms with Crippen molar-refractivity contribution < 1.29 is 12.3 Å². The molecule has 0 amide bonds. The van der Waals surface area contributed by atoms with E-state index in [1.54, 1.807) is 17.1 Å². The van der Waals surface area contributed by atoms with Crippen LogP contribution in [0.1, 0.15) is 0 Å². The van der Waals surface area contributed by atoms with Gasteiger partial charge in [-0.25, -0.2) is 0 Å². The molecular weight excluding hydrogens is 204 g/mol. The van der Waals surface area contributed by atoms with Crippen LogP contribution in [0.15, 0.2) is 36.8 Å². The van der Waals surface area contributed by atoms with Gasteiger partial charge < -0.3 is 12.3 Å². The van der Waals surface area contributed by atoms with Gasteiger partial charge in [0, 0.05) is 0 Å². The number of hydrogen-bond acceptors (Lipinski definition) is 3. The van der Waals surface area contributed by atoms with E-state index in [4.69, 9.17) is 12.3 Å². The second-order valence-electron chi connectivity index (χ2n) is 2.28. The Balaban J connectivity index is 2.70. The molecule has 1 unspecified atom stereocenters. The second kappa shape index (κ2) is 4.12. The predicted molar refractivity (Wildman–Crippen MR) is 55.3 cm³/mol. The Hall–Kier alpha value is -0.249. The molecule has 0 aromatic rings. The molecule has 3 nitrogen and oxygen atoms in total. The zero-order chi connectivity index (χ0) is 9.03. The molecule has 6 heteroatoms. The van der Waals surface area contributed by atoms with Crippen molar-refractivity contribution in [2.24, 2.45) is 0 Å². The van der Waals surface area contributed by atoms with Gasteiger partial charge in [-0.1, -0.05) is 5.70 Å². The molecule has 0 aromatic heterocycles. The van der Waals surface area contributed by atoms with E-state index in [9.17, 15) is 0 Å². The van der Waals surface area contributed by atoms with Gasteiger partial charge in [0.05, 0.1) is 0 Å². The lowest BCUT2D eigenvalue weighted by Crippen LogP contribution is -2.51. The van der Waals surface area contributed by atoms with E-state index in [-0.39, 0.29) is 0 Å². The number of hydrogen-bond donors (Lipinski definition) is 0. The maximum Gasteiger partial charge on any atom is 0.373 e. The summed E-state index contributed by atoms with van der Waals surface area (Å²) < 4.78 is 16.5. The summed E-state index contributed by atoms with van der Waals surface area (Å²) in [6.07, 6.45) is 0. The van der Waals surface area contributed by atoms with Crippen molar-refractivity contribution in [3.8, 4) is 0 Å². The third-order valence-corrected chi connectivity index (χ3v) is 9.64. The zero-order valence-electron chi connectivity index (χ0n) is 6.86. The van der Waals surface area contributed by atoms with Crippen LogP contribution in [0.4, 0.5) is 0 Å². The van der Waals surface area contributed by atoms with E-state index in [1.165, 1.54) is 0 Å². The van der Waals surface area contributed by atoms with Gasteiger partial charge in [0.2, 0.25) is 0 Å². The van der Waals surface area contributed by atoms with E-state index >= 15 is 0 Å². The summed E-state index contributed by atoms with van der Waals surface area (Å²) in [5.41, 5.74) is 5.22. The molecule has 66 valence electrons. The molecule has 1 fully saturated rings. The van der Waals surface area contributed by atoms with E-state index in [0.717, 1.165) is 0 Å². The van der Waals surface area contributed by atoms with Crippen molar-refractivity contribution in [2.45, 2.75) is 0 Å². The number of rotatable bonds is 3. The minimum atomic E-state index is -2.26. The average Bonchev–Trinajstić information content (AvgIpc) is 2.18. The van der Waals surface area contributed by atoms with Crippen LogP contribution in [0.5, 0.6) is 0 Å². The van der Waals surface area contributed by atoms with Crippen molar-refractivity contribution in [2.75, 3.05) is 0 Å². The van der Waals surface area contributed by atoms with Crippen molar-refractivity contribution >= 4 is 27.9 Å². The Morgan fingerprint density at radius 1 is 1.25 bits per heavy atom. The first-order chi connectivity index (χ1) is 5.76. The fourth-order valence-corrected chi connectivity index (χ4v) is 9.04. The smallest absolute Gasteiger partial charge is 0.373 e. The summed E-state index contributed by atoms with van der Waals surface area (Å²) >= 11 is 0. The first-order valence-electron chi connectivity index (χ1n) is 3.59. The highest BCUT2D eigenvalue weighted by Gasteiger charge is 2.37. The van der Waals surface area contributed by atoms with E-state index in [2.05, 4.69) is 19.7 Å². The first kappa shape index (κ1) is 9.84. The van der Waals surface area contributed by atoms with Crippen molar-refractivity contribution in [3.05, 3.63) is 36.8 Å². The van der Waals surface area contributed by atoms with Gasteiger partial charge in [-0.15, -0.1) is 19.7 Å². The summed E-state index contributed by atoms with van der Waals surface area (Å²) in [5, 5.41) is 0. The molecule has 0 aromatic carbocycles. The molecule has 0 spiro atoms. The van der Waals surface area contributed by atoms with Gasteiger partial charge in [-0.05, 0) is 11.4 Å². The SMILES string of the molecule is C=C[SiH]1O[SiH2]O[Si](C=C)(C=C)O1. The van der Waals surface area contributed by atoms with Gasteiger partial charge >= 0.3 is 17.8 Å². The van der Waals surface area contributed by atoms with Crippen LogP contribution in [0.25, 0.3) is 0 Å². The Bertz CT molecular complexity index is 198. The molecule has 0 aliphatic carbocycles. The summed E-state index contributed by atoms with van der Waals surface area (Å²) in [6.45, 7) is 11.0. The van der Waals surface area contributed by atoms with Crippen LogP contribution in [-0.4, -0.2) is 27.9 Å². The minimum Gasteiger partial charge on any atom is -0.419 e. The van der Waals surface area contributed by atoms with Crippen LogP contribution in [0, 0.1) is 0 Å². The minimum absolute atomic E-state index is 0.891. The largest absolute Gasteiger partial charge is 0.419 e. The summed E-state index contributed by atoms with van der Waals surface area (Å²) in [6, 6.07) is 0. The van der Waals surface area contributed by atoms with Gasteiger partial charge in [0.15, 0.2) is 0 Å². The molecule has 1 saturated heterocycles. The van der Waals surface area contributed by atoms with Gasteiger partial charge in [0.25, 0.3) is 10.0 Å². The molecule has 0 radical (unpaired) electrons. The highest BCUT2D eigenvalue weighted by molar-refractivity contribution is 6.87. The molecule has 1 heterocycles. The van der Waals surface area contributed by atoms with Crippen molar-refractivity contribution in [1.82, 2.24) is 0 Å². The maximum absolute atomic E-state index is 5.64. The molecular formula is C6H12O3Si3. The van der Waals surface area contributed by atoms with Crippen LogP contribution < -0.4 is 0 Å². The third-order valence-electron chi connectivity index (χ3n) is 1.58. The Kier molecular flexibility index (Phi) is 3.38. The zero-order valence-corrected chi connectivity index (χ0v) is 10.4.